The third-order valence-corrected chi connectivity index (χ3v) is 4.33. The molecule has 24 heavy (non-hydrogen) atoms. The van der Waals surface area contributed by atoms with Gasteiger partial charge >= 0.3 is 0 Å². The molecule has 1 aromatic carbocycles. The number of fused-ring (bicyclic) bond motifs is 1. The van der Waals surface area contributed by atoms with Gasteiger partial charge in [-0.3, -0.25) is 9.48 Å². The number of amides is 1. The number of benzene rings is 1. The fourth-order valence-electron chi connectivity index (χ4n) is 2.50. The summed E-state index contributed by atoms with van der Waals surface area (Å²) in [5.41, 5.74) is 3.02. The van der Waals surface area contributed by atoms with E-state index in [1.165, 1.54) is 0 Å². The predicted octanol–water partition coefficient (Wildman–Crippen LogP) is 3.14. The van der Waals surface area contributed by atoms with Crippen molar-refractivity contribution in [3.05, 3.63) is 46.9 Å². The van der Waals surface area contributed by atoms with E-state index in [0.717, 1.165) is 29.6 Å². The maximum absolute atomic E-state index is 12.4. The number of rotatable bonds is 5. The lowest BCUT2D eigenvalue weighted by atomic mass is 10.1. The van der Waals surface area contributed by atoms with Crippen molar-refractivity contribution in [1.82, 2.24) is 19.7 Å². The highest BCUT2D eigenvalue weighted by molar-refractivity contribution is 6.32. The molecule has 1 amide bonds. The molecule has 6 nitrogen and oxygen atoms in total. The summed E-state index contributed by atoms with van der Waals surface area (Å²) < 4.78 is 1.81. The van der Waals surface area contributed by atoms with Crippen LogP contribution in [0.3, 0.4) is 0 Å². The second-order valence-electron chi connectivity index (χ2n) is 6.07. The van der Waals surface area contributed by atoms with E-state index in [1.54, 1.807) is 6.20 Å². The molecule has 2 N–H and O–H groups in total. The number of nitrogens with zero attached hydrogens (tertiary/aromatic N) is 3. The monoisotopic (exact) mass is 345 g/mol. The van der Waals surface area contributed by atoms with Crippen LogP contribution in [0.5, 0.6) is 0 Å². The molecule has 2 heterocycles. The Morgan fingerprint density at radius 2 is 2.21 bits per heavy atom. The first-order valence-corrected chi connectivity index (χ1v) is 8.08. The van der Waals surface area contributed by atoms with Gasteiger partial charge in [0.1, 0.15) is 5.69 Å². The zero-order valence-electron chi connectivity index (χ0n) is 13.9. The van der Waals surface area contributed by atoms with E-state index in [4.69, 9.17) is 11.6 Å². The van der Waals surface area contributed by atoms with Crippen LogP contribution >= 0.6 is 11.6 Å². The lowest BCUT2D eigenvalue weighted by Crippen LogP contribution is -2.18. The number of hydrogen-bond donors (Lipinski definition) is 2. The van der Waals surface area contributed by atoms with E-state index < -0.39 is 0 Å². The molecule has 0 fully saturated rings. The van der Waals surface area contributed by atoms with Crippen LogP contribution in [0.2, 0.25) is 5.02 Å². The van der Waals surface area contributed by atoms with Crippen LogP contribution in [0.1, 0.15) is 16.1 Å². The first kappa shape index (κ1) is 16.5. The third-order valence-electron chi connectivity index (χ3n) is 3.92. The van der Waals surface area contributed by atoms with Gasteiger partial charge in [0.2, 0.25) is 0 Å². The second-order valence-corrected chi connectivity index (χ2v) is 6.47. The number of carbonyl (C=O) groups is 1. The van der Waals surface area contributed by atoms with Crippen molar-refractivity contribution in [3.8, 4) is 0 Å². The molecular weight excluding hydrogens is 326 g/mol. The summed E-state index contributed by atoms with van der Waals surface area (Å²) in [6.07, 6.45) is 3.48. The van der Waals surface area contributed by atoms with Gasteiger partial charge < -0.3 is 15.2 Å². The number of H-pyrrole nitrogens is 1. The van der Waals surface area contributed by atoms with E-state index in [9.17, 15) is 4.79 Å². The van der Waals surface area contributed by atoms with Crippen LogP contribution in [-0.4, -0.2) is 46.2 Å². The molecule has 0 bridgehead atoms. The van der Waals surface area contributed by atoms with Crippen molar-refractivity contribution in [1.29, 1.82) is 0 Å². The Kier molecular flexibility index (Phi) is 4.59. The number of aromatic nitrogens is 3. The number of likely N-dealkylation sites (N-methyl/N-ethyl adjacent to an activating group) is 1. The van der Waals surface area contributed by atoms with Crippen LogP contribution in [0.4, 0.5) is 5.69 Å². The minimum atomic E-state index is -0.200. The standard InChI is InChI=1S/C17H20ClN5O/c1-11-13-8-16(21-15(13)5-4-14(11)18)17(24)20-12-9-19-23(10-12)7-6-22(2)3/h4-5,8-10,21H,6-7H2,1-3H3,(H,20,24). The summed E-state index contributed by atoms with van der Waals surface area (Å²) in [5, 5.41) is 8.76. The minimum absolute atomic E-state index is 0.200. The Labute approximate surface area is 145 Å². The molecule has 3 aromatic rings. The summed E-state index contributed by atoms with van der Waals surface area (Å²) in [4.78, 5) is 17.6. The van der Waals surface area contributed by atoms with E-state index in [1.807, 2.05) is 50.1 Å². The molecule has 3 rings (SSSR count). The van der Waals surface area contributed by atoms with Gasteiger partial charge in [-0.1, -0.05) is 11.6 Å². The maximum Gasteiger partial charge on any atom is 0.272 e. The predicted molar refractivity (Wildman–Crippen MR) is 96.8 cm³/mol. The van der Waals surface area contributed by atoms with Gasteiger partial charge in [0, 0.05) is 28.7 Å². The number of nitrogens with one attached hydrogen (secondary N) is 2. The second kappa shape index (κ2) is 6.67. The first-order valence-electron chi connectivity index (χ1n) is 7.70. The highest BCUT2D eigenvalue weighted by atomic mass is 35.5. The summed E-state index contributed by atoms with van der Waals surface area (Å²) >= 11 is 6.13. The van der Waals surface area contributed by atoms with Crippen LogP contribution in [0, 0.1) is 6.92 Å². The summed E-state index contributed by atoms with van der Waals surface area (Å²) in [7, 11) is 4.02. The molecule has 0 aliphatic carbocycles. The fourth-order valence-corrected chi connectivity index (χ4v) is 2.66. The molecule has 2 aromatic heterocycles. The van der Waals surface area contributed by atoms with E-state index >= 15 is 0 Å². The van der Waals surface area contributed by atoms with E-state index in [-0.39, 0.29) is 5.91 Å². The SMILES string of the molecule is Cc1c(Cl)ccc2[nH]c(C(=O)Nc3cnn(CCN(C)C)c3)cc12. The Hall–Kier alpha value is -2.31. The van der Waals surface area contributed by atoms with Crippen LogP contribution in [0.25, 0.3) is 10.9 Å². The summed E-state index contributed by atoms with van der Waals surface area (Å²) in [6, 6.07) is 5.52. The van der Waals surface area contributed by atoms with Gasteiger partial charge in [-0.2, -0.15) is 5.10 Å². The van der Waals surface area contributed by atoms with Gasteiger partial charge in [-0.25, -0.2) is 0 Å². The number of anilines is 1. The van der Waals surface area contributed by atoms with E-state index in [0.29, 0.717) is 16.4 Å². The minimum Gasteiger partial charge on any atom is -0.351 e. The highest BCUT2D eigenvalue weighted by Gasteiger charge is 2.13. The van der Waals surface area contributed by atoms with Gasteiger partial charge in [-0.05, 0) is 44.8 Å². The van der Waals surface area contributed by atoms with Crippen molar-refractivity contribution in [2.45, 2.75) is 13.5 Å². The van der Waals surface area contributed by atoms with Gasteiger partial charge in [0.05, 0.1) is 18.4 Å². The molecule has 7 heteroatoms. The molecule has 0 saturated heterocycles. The molecule has 0 radical (unpaired) electrons. The molecule has 0 saturated carbocycles. The van der Waals surface area contributed by atoms with Crippen molar-refractivity contribution < 1.29 is 4.79 Å². The molecular formula is C17H20ClN5O. The molecule has 0 atom stereocenters. The normalized spacial score (nSPS) is 11.4. The number of carbonyl (C=O) groups excluding carboxylic acids is 1. The average Bonchev–Trinajstić information content (AvgIpc) is 3.16. The average molecular weight is 346 g/mol. The van der Waals surface area contributed by atoms with Crippen molar-refractivity contribution in [3.63, 3.8) is 0 Å². The fraction of sp³-hybridized carbons (Fsp3) is 0.294. The van der Waals surface area contributed by atoms with Crippen LogP contribution < -0.4 is 5.32 Å². The quantitative estimate of drug-likeness (QED) is 0.746. The Morgan fingerprint density at radius 1 is 1.42 bits per heavy atom. The van der Waals surface area contributed by atoms with Crippen LogP contribution in [-0.2, 0) is 6.54 Å². The topological polar surface area (TPSA) is 66.0 Å². The number of halogens is 1. The largest absolute Gasteiger partial charge is 0.351 e. The summed E-state index contributed by atoms with van der Waals surface area (Å²) in [6.45, 7) is 3.60. The maximum atomic E-state index is 12.4. The Balaban J connectivity index is 1.74. The molecule has 0 spiro atoms. The van der Waals surface area contributed by atoms with Crippen molar-refractivity contribution >= 4 is 34.1 Å². The zero-order chi connectivity index (χ0) is 17.3. The lowest BCUT2D eigenvalue weighted by Gasteiger charge is -2.08. The van der Waals surface area contributed by atoms with Crippen LogP contribution in [0.15, 0.2) is 30.6 Å². The number of aryl methyl sites for hydroxylation is 1. The lowest BCUT2D eigenvalue weighted by molar-refractivity contribution is 0.102. The van der Waals surface area contributed by atoms with Gasteiger partial charge in [0.15, 0.2) is 0 Å². The molecule has 126 valence electrons. The number of aromatic amines is 1. The molecule has 0 unspecified atom stereocenters. The van der Waals surface area contributed by atoms with Crippen molar-refractivity contribution in [2.75, 3.05) is 26.0 Å². The molecule has 0 aliphatic heterocycles. The third kappa shape index (κ3) is 3.44. The Morgan fingerprint density at radius 3 is 2.96 bits per heavy atom. The molecule has 0 aliphatic rings. The Bertz CT molecular complexity index is 880. The smallest absolute Gasteiger partial charge is 0.272 e. The van der Waals surface area contributed by atoms with Gasteiger partial charge in [0.25, 0.3) is 5.91 Å². The number of hydrogen-bond acceptors (Lipinski definition) is 3. The summed E-state index contributed by atoms with van der Waals surface area (Å²) in [5.74, 6) is -0.200. The van der Waals surface area contributed by atoms with Gasteiger partial charge in [-0.15, -0.1) is 0 Å². The van der Waals surface area contributed by atoms with E-state index in [2.05, 4.69) is 20.3 Å². The zero-order valence-corrected chi connectivity index (χ0v) is 14.7. The highest BCUT2D eigenvalue weighted by Crippen LogP contribution is 2.26. The first-order chi connectivity index (χ1) is 11.4. The van der Waals surface area contributed by atoms with Crippen molar-refractivity contribution in [2.24, 2.45) is 0 Å².